The van der Waals surface area contributed by atoms with Gasteiger partial charge in [0.25, 0.3) is 0 Å². The van der Waals surface area contributed by atoms with Crippen LogP contribution in [0.3, 0.4) is 0 Å². The fourth-order valence-corrected chi connectivity index (χ4v) is 3.79. The Morgan fingerprint density at radius 2 is 2.00 bits per heavy atom. The first kappa shape index (κ1) is 13.4. The van der Waals surface area contributed by atoms with E-state index in [-0.39, 0.29) is 0 Å². The van der Waals surface area contributed by atoms with Crippen molar-refractivity contribution in [1.82, 2.24) is 5.32 Å². The SMILES string of the molecule is CCCC(C)NC1CCCCC1SCC. The molecule has 0 saturated heterocycles. The van der Waals surface area contributed by atoms with Crippen LogP contribution in [-0.4, -0.2) is 23.1 Å². The molecule has 0 amide bonds. The van der Waals surface area contributed by atoms with Gasteiger partial charge in [-0.1, -0.05) is 33.1 Å². The lowest BCUT2D eigenvalue weighted by atomic mass is 9.94. The summed E-state index contributed by atoms with van der Waals surface area (Å²) in [7, 11) is 0. The highest BCUT2D eigenvalue weighted by Gasteiger charge is 2.25. The number of nitrogens with one attached hydrogen (secondary N) is 1. The molecule has 0 aromatic carbocycles. The first-order chi connectivity index (χ1) is 7.27. The molecule has 0 aromatic heterocycles. The van der Waals surface area contributed by atoms with Crippen LogP contribution in [0.5, 0.6) is 0 Å². The number of thioether (sulfide) groups is 1. The Labute approximate surface area is 99.8 Å². The van der Waals surface area contributed by atoms with Gasteiger partial charge in [-0.15, -0.1) is 0 Å². The van der Waals surface area contributed by atoms with Crippen molar-refractivity contribution in [3.8, 4) is 0 Å². The van der Waals surface area contributed by atoms with Gasteiger partial charge in [0.05, 0.1) is 0 Å². The van der Waals surface area contributed by atoms with Crippen molar-refractivity contribution >= 4 is 11.8 Å². The summed E-state index contributed by atoms with van der Waals surface area (Å²) in [6.07, 6.45) is 8.31. The first-order valence-electron chi connectivity index (χ1n) is 6.65. The normalized spacial score (nSPS) is 29.0. The van der Waals surface area contributed by atoms with E-state index in [1.807, 2.05) is 0 Å². The quantitative estimate of drug-likeness (QED) is 0.743. The first-order valence-corrected chi connectivity index (χ1v) is 7.70. The van der Waals surface area contributed by atoms with E-state index >= 15 is 0 Å². The van der Waals surface area contributed by atoms with Crippen LogP contribution in [0, 0.1) is 0 Å². The molecule has 1 N–H and O–H groups in total. The molecule has 1 aliphatic rings. The lowest BCUT2D eigenvalue weighted by Crippen LogP contribution is -2.44. The van der Waals surface area contributed by atoms with Gasteiger partial charge < -0.3 is 5.32 Å². The molecule has 0 radical (unpaired) electrons. The van der Waals surface area contributed by atoms with Crippen molar-refractivity contribution in [2.75, 3.05) is 5.75 Å². The zero-order valence-corrected chi connectivity index (χ0v) is 11.4. The summed E-state index contributed by atoms with van der Waals surface area (Å²) < 4.78 is 0. The van der Waals surface area contributed by atoms with Crippen molar-refractivity contribution in [2.45, 2.75) is 76.6 Å². The molecule has 0 heterocycles. The van der Waals surface area contributed by atoms with Gasteiger partial charge in [0.2, 0.25) is 0 Å². The fourth-order valence-electron chi connectivity index (χ4n) is 2.58. The second-order valence-electron chi connectivity index (χ2n) is 4.74. The maximum atomic E-state index is 3.83. The van der Waals surface area contributed by atoms with E-state index in [1.165, 1.54) is 44.3 Å². The molecule has 0 bridgehead atoms. The second kappa shape index (κ2) is 7.56. The Kier molecular flexibility index (Phi) is 6.74. The predicted molar refractivity (Wildman–Crippen MR) is 71.7 cm³/mol. The molecule has 2 heteroatoms. The number of hydrogen-bond acceptors (Lipinski definition) is 2. The van der Waals surface area contributed by atoms with Gasteiger partial charge in [-0.25, -0.2) is 0 Å². The highest BCUT2D eigenvalue weighted by atomic mass is 32.2. The molecule has 1 saturated carbocycles. The Morgan fingerprint density at radius 3 is 2.67 bits per heavy atom. The molecule has 0 aromatic rings. The molecule has 0 aliphatic heterocycles. The summed E-state index contributed by atoms with van der Waals surface area (Å²) >= 11 is 2.16. The van der Waals surface area contributed by atoms with Gasteiger partial charge in [-0.05, 0) is 31.9 Å². The van der Waals surface area contributed by atoms with E-state index in [2.05, 4.69) is 37.8 Å². The van der Waals surface area contributed by atoms with Crippen LogP contribution in [0.1, 0.15) is 59.3 Å². The van der Waals surface area contributed by atoms with Crippen LogP contribution < -0.4 is 5.32 Å². The zero-order chi connectivity index (χ0) is 11.1. The second-order valence-corrected chi connectivity index (χ2v) is 6.26. The Bertz CT molecular complexity index is 159. The van der Waals surface area contributed by atoms with Crippen molar-refractivity contribution in [3.63, 3.8) is 0 Å². The number of rotatable bonds is 6. The third-order valence-corrected chi connectivity index (χ3v) is 4.63. The Balaban J connectivity index is 2.34. The summed E-state index contributed by atoms with van der Waals surface area (Å²) in [5.41, 5.74) is 0. The van der Waals surface area contributed by atoms with Gasteiger partial charge in [-0.3, -0.25) is 0 Å². The predicted octanol–water partition coefficient (Wildman–Crippen LogP) is 3.83. The summed E-state index contributed by atoms with van der Waals surface area (Å²) in [4.78, 5) is 0. The summed E-state index contributed by atoms with van der Waals surface area (Å²) in [6, 6.07) is 1.49. The van der Waals surface area contributed by atoms with Gasteiger partial charge >= 0.3 is 0 Å². The minimum Gasteiger partial charge on any atom is -0.310 e. The molecule has 15 heavy (non-hydrogen) atoms. The average Bonchev–Trinajstić information content (AvgIpc) is 2.21. The molecule has 3 unspecified atom stereocenters. The van der Waals surface area contributed by atoms with Crippen LogP contribution in [0.15, 0.2) is 0 Å². The summed E-state index contributed by atoms with van der Waals surface area (Å²) in [6.45, 7) is 6.90. The monoisotopic (exact) mass is 229 g/mol. The van der Waals surface area contributed by atoms with E-state index < -0.39 is 0 Å². The maximum absolute atomic E-state index is 3.83. The fraction of sp³-hybridized carbons (Fsp3) is 1.00. The van der Waals surface area contributed by atoms with Crippen LogP contribution >= 0.6 is 11.8 Å². The highest BCUT2D eigenvalue weighted by molar-refractivity contribution is 7.99. The summed E-state index contributed by atoms with van der Waals surface area (Å²) in [5.74, 6) is 1.27. The molecule has 1 nitrogen and oxygen atoms in total. The van der Waals surface area contributed by atoms with Crippen LogP contribution in [0.4, 0.5) is 0 Å². The van der Waals surface area contributed by atoms with Crippen LogP contribution in [0.25, 0.3) is 0 Å². The molecule has 0 spiro atoms. The lowest BCUT2D eigenvalue weighted by molar-refractivity contribution is 0.344. The minimum atomic E-state index is 0.707. The minimum absolute atomic E-state index is 0.707. The molecular formula is C13H27NS. The third-order valence-electron chi connectivity index (χ3n) is 3.30. The molecule has 90 valence electrons. The van der Waals surface area contributed by atoms with Crippen LogP contribution in [0.2, 0.25) is 0 Å². The smallest absolute Gasteiger partial charge is 0.0201 e. The standard InChI is InChI=1S/C13H27NS/c1-4-8-11(3)14-12-9-6-7-10-13(12)15-5-2/h11-14H,4-10H2,1-3H3. The topological polar surface area (TPSA) is 12.0 Å². The van der Waals surface area contributed by atoms with E-state index in [9.17, 15) is 0 Å². The van der Waals surface area contributed by atoms with Gasteiger partial charge in [-0.2, -0.15) is 11.8 Å². The molecule has 3 atom stereocenters. The van der Waals surface area contributed by atoms with E-state index in [1.54, 1.807) is 0 Å². The van der Waals surface area contributed by atoms with E-state index in [0.29, 0.717) is 6.04 Å². The van der Waals surface area contributed by atoms with Crippen molar-refractivity contribution in [3.05, 3.63) is 0 Å². The van der Waals surface area contributed by atoms with Crippen molar-refractivity contribution in [2.24, 2.45) is 0 Å². The molecule has 1 aliphatic carbocycles. The van der Waals surface area contributed by atoms with Gasteiger partial charge in [0, 0.05) is 17.3 Å². The van der Waals surface area contributed by atoms with Crippen LogP contribution in [-0.2, 0) is 0 Å². The molecular weight excluding hydrogens is 202 g/mol. The number of hydrogen-bond donors (Lipinski definition) is 1. The van der Waals surface area contributed by atoms with Gasteiger partial charge in [0.15, 0.2) is 0 Å². The molecule has 1 rings (SSSR count). The highest BCUT2D eigenvalue weighted by Crippen LogP contribution is 2.29. The van der Waals surface area contributed by atoms with Gasteiger partial charge in [0.1, 0.15) is 0 Å². The van der Waals surface area contributed by atoms with Crippen molar-refractivity contribution < 1.29 is 0 Å². The van der Waals surface area contributed by atoms with E-state index in [4.69, 9.17) is 0 Å². The third kappa shape index (κ3) is 4.78. The average molecular weight is 229 g/mol. The maximum Gasteiger partial charge on any atom is 0.0201 e. The molecule has 1 fully saturated rings. The zero-order valence-electron chi connectivity index (χ0n) is 10.6. The van der Waals surface area contributed by atoms with Crippen molar-refractivity contribution in [1.29, 1.82) is 0 Å². The summed E-state index contributed by atoms with van der Waals surface area (Å²) in [5, 5.41) is 4.71. The lowest BCUT2D eigenvalue weighted by Gasteiger charge is -2.34. The Morgan fingerprint density at radius 1 is 1.27 bits per heavy atom. The van der Waals surface area contributed by atoms with E-state index in [0.717, 1.165) is 11.3 Å². The largest absolute Gasteiger partial charge is 0.310 e. The Hall–Kier alpha value is 0.310.